The minimum absolute atomic E-state index is 0.118. The van der Waals surface area contributed by atoms with E-state index in [9.17, 15) is 0 Å². The van der Waals surface area contributed by atoms with Crippen molar-refractivity contribution in [3.8, 4) is 5.75 Å². The molecule has 0 radical (unpaired) electrons. The Morgan fingerprint density at radius 3 is 2.83 bits per heavy atom. The van der Waals surface area contributed by atoms with Gasteiger partial charge in [-0.25, -0.2) is 0 Å². The van der Waals surface area contributed by atoms with E-state index in [4.69, 9.17) is 4.74 Å². The molecule has 0 amide bonds. The van der Waals surface area contributed by atoms with Crippen molar-refractivity contribution in [3.63, 3.8) is 0 Å². The normalized spacial score (nSPS) is 23.6. The largest absolute Gasteiger partial charge is 0.492 e. The summed E-state index contributed by atoms with van der Waals surface area (Å²) < 4.78 is 5.99. The smallest absolute Gasteiger partial charge is 0.119 e. The maximum Gasteiger partial charge on any atom is 0.119 e. The van der Waals surface area contributed by atoms with E-state index in [0.717, 1.165) is 25.4 Å². The second kappa shape index (κ2) is 5.72. The number of nitrogens with zero attached hydrogens (tertiary/aromatic N) is 1. The first-order valence-electron chi connectivity index (χ1n) is 6.69. The number of hydrogen-bond acceptors (Lipinski definition) is 3. The predicted molar refractivity (Wildman–Crippen MR) is 75.2 cm³/mol. The molecule has 1 fully saturated rings. The summed E-state index contributed by atoms with van der Waals surface area (Å²) in [5.41, 5.74) is 1.36. The first-order valence-corrected chi connectivity index (χ1v) is 6.69. The number of ether oxygens (including phenoxy) is 1. The molecule has 1 heterocycles. The van der Waals surface area contributed by atoms with Gasteiger partial charge in [-0.05, 0) is 58.1 Å². The Kier molecular flexibility index (Phi) is 4.25. The Balaban J connectivity index is 1.97. The molecular weight excluding hydrogens is 224 g/mol. The van der Waals surface area contributed by atoms with Gasteiger partial charge in [0.25, 0.3) is 0 Å². The van der Waals surface area contributed by atoms with E-state index in [1.807, 2.05) is 12.1 Å². The average Bonchev–Trinajstić information content (AvgIpc) is 2.75. The molecule has 1 aliphatic heterocycles. The zero-order valence-corrected chi connectivity index (χ0v) is 11.7. The minimum atomic E-state index is 0.118. The highest BCUT2D eigenvalue weighted by atomic mass is 16.5. The Morgan fingerprint density at radius 1 is 1.39 bits per heavy atom. The summed E-state index contributed by atoms with van der Waals surface area (Å²) in [4.78, 5) is 2.23. The van der Waals surface area contributed by atoms with E-state index in [2.05, 4.69) is 43.4 Å². The van der Waals surface area contributed by atoms with Crippen molar-refractivity contribution in [3.05, 3.63) is 29.8 Å². The van der Waals surface area contributed by atoms with Gasteiger partial charge < -0.3 is 15.0 Å². The molecule has 100 valence electrons. The third kappa shape index (κ3) is 3.47. The highest BCUT2D eigenvalue weighted by Crippen LogP contribution is 2.22. The quantitative estimate of drug-likeness (QED) is 0.863. The highest BCUT2D eigenvalue weighted by Gasteiger charge is 2.34. The molecule has 0 aliphatic carbocycles. The van der Waals surface area contributed by atoms with E-state index < -0.39 is 0 Å². The fraction of sp³-hybridized carbons (Fsp3) is 0.600. The van der Waals surface area contributed by atoms with Gasteiger partial charge in [0.15, 0.2) is 0 Å². The summed E-state index contributed by atoms with van der Waals surface area (Å²) in [5.74, 6) is 0.974. The Bertz CT molecular complexity index is 384. The summed E-state index contributed by atoms with van der Waals surface area (Å²) in [7, 11) is 4.24. The van der Waals surface area contributed by atoms with Gasteiger partial charge in [0.05, 0.1) is 5.54 Å². The average molecular weight is 248 g/mol. The number of aryl methyl sites for hydroxylation is 1. The molecule has 2 rings (SSSR count). The molecule has 1 atom stereocenters. The van der Waals surface area contributed by atoms with Crippen LogP contribution in [0.5, 0.6) is 5.75 Å². The van der Waals surface area contributed by atoms with E-state index >= 15 is 0 Å². The van der Waals surface area contributed by atoms with E-state index in [-0.39, 0.29) is 5.54 Å². The number of nitrogens with one attached hydrogen (secondary N) is 1. The van der Waals surface area contributed by atoms with Crippen molar-refractivity contribution in [2.24, 2.45) is 0 Å². The molecule has 0 saturated carbocycles. The molecule has 1 aromatic rings. The predicted octanol–water partition coefficient (Wildman–Crippen LogP) is 2.06. The number of rotatable bonds is 5. The Morgan fingerprint density at radius 2 is 2.22 bits per heavy atom. The molecular formula is C15H24N2O. The fourth-order valence-corrected chi connectivity index (χ4v) is 2.70. The lowest BCUT2D eigenvalue weighted by Gasteiger charge is -2.32. The molecule has 0 bridgehead atoms. The highest BCUT2D eigenvalue weighted by molar-refractivity contribution is 5.27. The summed E-state index contributed by atoms with van der Waals surface area (Å²) in [5, 5.41) is 3.62. The Labute approximate surface area is 110 Å². The summed E-state index contributed by atoms with van der Waals surface area (Å²) in [6.07, 6.45) is 2.43. The van der Waals surface area contributed by atoms with Gasteiger partial charge in [-0.1, -0.05) is 12.1 Å². The zero-order chi connectivity index (χ0) is 13.0. The monoisotopic (exact) mass is 248 g/mol. The standard InChI is InChI=1S/C15H24N2O/c1-13-6-4-7-14(10-13)18-12-15(11-17(2)3)8-5-9-16-15/h4,6-7,10,16H,5,8-9,11-12H2,1-3H3. The van der Waals surface area contributed by atoms with Crippen LogP contribution in [0.25, 0.3) is 0 Å². The van der Waals surface area contributed by atoms with Crippen LogP contribution in [0.4, 0.5) is 0 Å². The molecule has 1 aliphatic rings. The van der Waals surface area contributed by atoms with Gasteiger partial charge in [-0.3, -0.25) is 0 Å². The minimum Gasteiger partial charge on any atom is -0.492 e. The lowest BCUT2D eigenvalue weighted by Crippen LogP contribution is -2.52. The molecule has 0 aromatic heterocycles. The maximum atomic E-state index is 5.99. The lowest BCUT2D eigenvalue weighted by atomic mass is 9.98. The third-order valence-electron chi connectivity index (χ3n) is 3.46. The van der Waals surface area contributed by atoms with Crippen molar-refractivity contribution in [1.82, 2.24) is 10.2 Å². The maximum absolute atomic E-state index is 5.99. The van der Waals surface area contributed by atoms with Crippen molar-refractivity contribution >= 4 is 0 Å². The fourth-order valence-electron chi connectivity index (χ4n) is 2.70. The second-order valence-corrected chi connectivity index (χ2v) is 5.65. The van der Waals surface area contributed by atoms with Crippen LogP contribution in [0, 0.1) is 6.92 Å². The van der Waals surface area contributed by atoms with E-state index in [0.29, 0.717) is 0 Å². The van der Waals surface area contributed by atoms with Gasteiger partial charge in [0.1, 0.15) is 12.4 Å². The summed E-state index contributed by atoms with van der Waals surface area (Å²) in [6, 6.07) is 8.27. The zero-order valence-electron chi connectivity index (χ0n) is 11.7. The van der Waals surface area contributed by atoms with Gasteiger partial charge in [-0.15, -0.1) is 0 Å². The lowest BCUT2D eigenvalue weighted by molar-refractivity contribution is 0.160. The van der Waals surface area contributed by atoms with E-state index in [1.54, 1.807) is 0 Å². The molecule has 3 nitrogen and oxygen atoms in total. The number of likely N-dealkylation sites (N-methyl/N-ethyl adjacent to an activating group) is 1. The van der Waals surface area contributed by atoms with Crippen LogP contribution < -0.4 is 10.1 Å². The van der Waals surface area contributed by atoms with E-state index in [1.165, 1.54) is 18.4 Å². The van der Waals surface area contributed by atoms with Crippen LogP contribution in [0.15, 0.2) is 24.3 Å². The molecule has 0 spiro atoms. The second-order valence-electron chi connectivity index (χ2n) is 5.65. The molecule has 1 unspecified atom stereocenters. The van der Waals surface area contributed by atoms with Crippen LogP contribution in [-0.4, -0.2) is 44.2 Å². The van der Waals surface area contributed by atoms with Crippen LogP contribution in [-0.2, 0) is 0 Å². The number of hydrogen-bond donors (Lipinski definition) is 1. The van der Waals surface area contributed by atoms with Crippen molar-refractivity contribution in [1.29, 1.82) is 0 Å². The first-order chi connectivity index (χ1) is 8.60. The van der Waals surface area contributed by atoms with Crippen LogP contribution >= 0.6 is 0 Å². The molecule has 3 heteroatoms. The molecule has 18 heavy (non-hydrogen) atoms. The van der Waals surface area contributed by atoms with Crippen LogP contribution in [0.1, 0.15) is 18.4 Å². The SMILES string of the molecule is Cc1cccc(OCC2(CN(C)C)CCCN2)c1. The van der Waals surface area contributed by atoms with Crippen molar-refractivity contribution in [2.45, 2.75) is 25.3 Å². The van der Waals surface area contributed by atoms with Gasteiger partial charge in [0, 0.05) is 6.54 Å². The summed E-state index contributed by atoms with van der Waals surface area (Å²) >= 11 is 0. The van der Waals surface area contributed by atoms with Gasteiger partial charge >= 0.3 is 0 Å². The van der Waals surface area contributed by atoms with Crippen LogP contribution in [0.2, 0.25) is 0 Å². The third-order valence-corrected chi connectivity index (χ3v) is 3.46. The molecule has 1 saturated heterocycles. The topological polar surface area (TPSA) is 24.5 Å². The van der Waals surface area contributed by atoms with Crippen LogP contribution in [0.3, 0.4) is 0 Å². The Hall–Kier alpha value is -1.06. The van der Waals surface area contributed by atoms with Gasteiger partial charge in [0.2, 0.25) is 0 Å². The van der Waals surface area contributed by atoms with Gasteiger partial charge in [-0.2, -0.15) is 0 Å². The van der Waals surface area contributed by atoms with Crippen molar-refractivity contribution in [2.75, 3.05) is 33.8 Å². The number of benzene rings is 1. The van der Waals surface area contributed by atoms with Crippen molar-refractivity contribution < 1.29 is 4.74 Å². The molecule has 1 aromatic carbocycles. The molecule has 1 N–H and O–H groups in total. The summed E-state index contributed by atoms with van der Waals surface area (Å²) in [6.45, 7) is 4.97. The first kappa shape index (κ1) is 13.4.